The van der Waals surface area contributed by atoms with Gasteiger partial charge in [-0.25, -0.2) is 13.6 Å². The Morgan fingerprint density at radius 2 is 1.77 bits per heavy atom. The molecule has 22 heavy (non-hydrogen) atoms. The SMILES string of the molecule is O=C(Nc1cccnc1)Nc1ccc(C(F)(F)F)c(F)c1F. The lowest BCUT2D eigenvalue weighted by atomic mass is 10.1. The average Bonchev–Trinajstić information content (AvgIpc) is 2.43. The summed E-state index contributed by atoms with van der Waals surface area (Å²) in [5.74, 6) is -3.87. The molecule has 2 rings (SSSR count). The summed E-state index contributed by atoms with van der Waals surface area (Å²) >= 11 is 0. The van der Waals surface area contributed by atoms with Crippen molar-refractivity contribution < 1.29 is 26.7 Å². The molecule has 0 atom stereocenters. The van der Waals surface area contributed by atoms with Crippen molar-refractivity contribution in [2.75, 3.05) is 10.6 Å². The van der Waals surface area contributed by atoms with E-state index in [1.807, 2.05) is 5.32 Å². The molecule has 0 fully saturated rings. The number of nitrogens with zero attached hydrogens (tertiary/aromatic N) is 1. The summed E-state index contributed by atoms with van der Waals surface area (Å²) in [6.07, 6.45) is -2.28. The summed E-state index contributed by atoms with van der Waals surface area (Å²) in [7, 11) is 0. The molecule has 9 heteroatoms. The number of rotatable bonds is 2. The van der Waals surface area contributed by atoms with E-state index >= 15 is 0 Å². The summed E-state index contributed by atoms with van der Waals surface area (Å²) in [6.45, 7) is 0. The molecule has 0 saturated heterocycles. The largest absolute Gasteiger partial charge is 0.419 e. The number of hydrogen-bond acceptors (Lipinski definition) is 2. The van der Waals surface area contributed by atoms with E-state index in [0.717, 1.165) is 0 Å². The van der Waals surface area contributed by atoms with Crippen LogP contribution in [0.4, 0.5) is 38.1 Å². The Balaban J connectivity index is 2.17. The van der Waals surface area contributed by atoms with Crippen LogP contribution in [0.25, 0.3) is 0 Å². The Hall–Kier alpha value is -2.71. The zero-order chi connectivity index (χ0) is 16.3. The second kappa shape index (κ2) is 5.96. The highest BCUT2D eigenvalue weighted by atomic mass is 19.4. The van der Waals surface area contributed by atoms with Gasteiger partial charge in [0.1, 0.15) is 0 Å². The maximum atomic E-state index is 13.6. The molecule has 116 valence electrons. The number of amides is 2. The summed E-state index contributed by atoms with van der Waals surface area (Å²) in [5, 5.41) is 4.18. The monoisotopic (exact) mass is 317 g/mol. The number of carbonyl (C=O) groups excluding carboxylic acids is 1. The number of nitrogens with one attached hydrogen (secondary N) is 2. The van der Waals surface area contributed by atoms with E-state index in [1.165, 1.54) is 24.5 Å². The van der Waals surface area contributed by atoms with E-state index in [0.29, 0.717) is 12.1 Å². The molecule has 0 saturated carbocycles. The van der Waals surface area contributed by atoms with E-state index in [1.54, 1.807) is 0 Å². The maximum Gasteiger partial charge on any atom is 0.419 e. The van der Waals surface area contributed by atoms with Crippen LogP contribution in [0.15, 0.2) is 36.7 Å². The van der Waals surface area contributed by atoms with Crippen molar-refractivity contribution in [2.24, 2.45) is 0 Å². The Morgan fingerprint density at radius 1 is 1.05 bits per heavy atom. The lowest BCUT2D eigenvalue weighted by Crippen LogP contribution is -2.21. The Morgan fingerprint density at radius 3 is 2.36 bits per heavy atom. The van der Waals surface area contributed by atoms with Crippen LogP contribution in [-0.2, 0) is 6.18 Å². The van der Waals surface area contributed by atoms with Gasteiger partial charge in [0.15, 0.2) is 11.6 Å². The van der Waals surface area contributed by atoms with Crippen molar-refractivity contribution in [3.63, 3.8) is 0 Å². The fourth-order valence-corrected chi connectivity index (χ4v) is 1.59. The highest BCUT2D eigenvalue weighted by molar-refractivity contribution is 5.99. The predicted molar refractivity (Wildman–Crippen MR) is 68.2 cm³/mol. The van der Waals surface area contributed by atoms with Gasteiger partial charge in [-0.3, -0.25) is 4.98 Å². The van der Waals surface area contributed by atoms with E-state index in [-0.39, 0.29) is 5.69 Å². The van der Waals surface area contributed by atoms with Gasteiger partial charge in [-0.15, -0.1) is 0 Å². The second-order valence-electron chi connectivity index (χ2n) is 4.11. The first kappa shape index (κ1) is 15.7. The molecule has 0 unspecified atom stereocenters. The lowest BCUT2D eigenvalue weighted by Gasteiger charge is -2.12. The van der Waals surface area contributed by atoms with Crippen LogP contribution in [0.5, 0.6) is 0 Å². The molecule has 0 aliphatic heterocycles. The van der Waals surface area contributed by atoms with Gasteiger partial charge < -0.3 is 10.6 Å². The summed E-state index contributed by atoms with van der Waals surface area (Å²) < 4.78 is 64.1. The molecular formula is C13H8F5N3O. The number of anilines is 2. The minimum Gasteiger partial charge on any atom is -0.306 e. The Bertz CT molecular complexity index is 688. The van der Waals surface area contributed by atoms with Gasteiger partial charge in [0.25, 0.3) is 0 Å². The van der Waals surface area contributed by atoms with Crippen molar-refractivity contribution in [1.82, 2.24) is 4.98 Å². The number of halogens is 5. The summed E-state index contributed by atoms with van der Waals surface area (Å²) in [6, 6.07) is 3.03. The highest BCUT2D eigenvalue weighted by Gasteiger charge is 2.36. The standard InChI is InChI=1S/C13H8F5N3O/c14-10-8(13(16,17)18)3-4-9(11(10)15)21-12(22)20-7-2-1-5-19-6-7/h1-6H,(H2,20,21,22). The van der Waals surface area contributed by atoms with Crippen LogP contribution in [0.2, 0.25) is 0 Å². The maximum absolute atomic E-state index is 13.6. The van der Waals surface area contributed by atoms with Gasteiger partial charge in [0.2, 0.25) is 0 Å². The normalized spacial score (nSPS) is 11.1. The topological polar surface area (TPSA) is 54.0 Å². The molecule has 2 N–H and O–H groups in total. The number of urea groups is 1. The van der Waals surface area contributed by atoms with Gasteiger partial charge in [0, 0.05) is 6.20 Å². The number of hydrogen-bond donors (Lipinski definition) is 2. The van der Waals surface area contributed by atoms with Crippen LogP contribution in [0.1, 0.15) is 5.56 Å². The van der Waals surface area contributed by atoms with Crippen molar-refractivity contribution in [2.45, 2.75) is 6.18 Å². The number of pyridine rings is 1. The van der Waals surface area contributed by atoms with Gasteiger partial charge in [-0.05, 0) is 24.3 Å². The van der Waals surface area contributed by atoms with Crippen molar-refractivity contribution >= 4 is 17.4 Å². The third kappa shape index (κ3) is 3.48. The quantitative estimate of drug-likeness (QED) is 0.822. The first-order chi connectivity index (χ1) is 10.3. The highest BCUT2D eigenvalue weighted by Crippen LogP contribution is 2.34. The van der Waals surface area contributed by atoms with Crippen LogP contribution in [0, 0.1) is 11.6 Å². The second-order valence-corrected chi connectivity index (χ2v) is 4.11. The third-order valence-electron chi connectivity index (χ3n) is 2.56. The molecule has 1 heterocycles. The fourth-order valence-electron chi connectivity index (χ4n) is 1.59. The van der Waals surface area contributed by atoms with Gasteiger partial charge >= 0.3 is 12.2 Å². The number of benzene rings is 1. The number of aromatic nitrogens is 1. The molecule has 2 aromatic rings. The first-order valence-electron chi connectivity index (χ1n) is 5.82. The zero-order valence-electron chi connectivity index (χ0n) is 10.7. The predicted octanol–water partition coefficient (Wildman–Crippen LogP) is 4.02. The van der Waals surface area contributed by atoms with Crippen molar-refractivity contribution in [3.05, 3.63) is 53.9 Å². The molecule has 1 aromatic carbocycles. The fraction of sp³-hybridized carbons (Fsp3) is 0.0769. The minimum atomic E-state index is -5.03. The minimum absolute atomic E-state index is 0.271. The van der Waals surface area contributed by atoms with E-state index in [9.17, 15) is 26.7 Å². The van der Waals surface area contributed by atoms with Crippen molar-refractivity contribution in [3.8, 4) is 0 Å². The first-order valence-corrected chi connectivity index (χ1v) is 5.82. The summed E-state index contributed by atoms with van der Waals surface area (Å²) in [4.78, 5) is 15.3. The van der Waals surface area contributed by atoms with Crippen LogP contribution in [-0.4, -0.2) is 11.0 Å². The number of carbonyl (C=O) groups is 1. The molecular weight excluding hydrogens is 309 g/mol. The zero-order valence-corrected chi connectivity index (χ0v) is 10.7. The molecule has 0 bridgehead atoms. The third-order valence-corrected chi connectivity index (χ3v) is 2.56. The molecule has 0 spiro atoms. The van der Waals surface area contributed by atoms with E-state index < -0.39 is 35.1 Å². The summed E-state index contributed by atoms with van der Waals surface area (Å²) in [5.41, 5.74) is -2.19. The van der Waals surface area contributed by atoms with Gasteiger partial charge in [-0.1, -0.05) is 0 Å². The van der Waals surface area contributed by atoms with Crippen LogP contribution < -0.4 is 10.6 Å². The van der Waals surface area contributed by atoms with Crippen LogP contribution in [0.3, 0.4) is 0 Å². The molecule has 4 nitrogen and oxygen atoms in total. The molecule has 0 aliphatic rings. The Kier molecular flexibility index (Phi) is 4.25. The lowest BCUT2D eigenvalue weighted by molar-refractivity contribution is -0.140. The number of alkyl halides is 3. The smallest absolute Gasteiger partial charge is 0.306 e. The Labute approximate surface area is 121 Å². The molecule has 1 aromatic heterocycles. The molecule has 2 amide bonds. The van der Waals surface area contributed by atoms with Gasteiger partial charge in [0.05, 0.1) is 23.1 Å². The molecule has 0 radical (unpaired) electrons. The van der Waals surface area contributed by atoms with Gasteiger partial charge in [-0.2, -0.15) is 13.2 Å². The molecule has 0 aliphatic carbocycles. The van der Waals surface area contributed by atoms with Crippen LogP contribution >= 0.6 is 0 Å². The van der Waals surface area contributed by atoms with E-state index in [4.69, 9.17) is 0 Å². The van der Waals surface area contributed by atoms with E-state index in [2.05, 4.69) is 10.3 Å². The van der Waals surface area contributed by atoms with Crippen molar-refractivity contribution in [1.29, 1.82) is 0 Å². The average molecular weight is 317 g/mol.